The first-order valence-electron chi connectivity index (χ1n) is 9.06. The van der Waals surface area contributed by atoms with Gasteiger partial charge in [-0.25, -0.2) is 17.8 Å². The Labute approximate surface area is 170 Å². The zero-order chi connectivity index (χ0) is 20.7. The number of aliphatic imine (C=N–C) groups is 1. The monoisotopic (exact) mass is 426 g/mol. The topological polar surface area (TPSA) is 83.4 Å². The molecule has 28 heavy (non-hydrogen) atoms. The Bertz CT molecular complexity index is 939. The average Bonchev–Trinajstić information content (AvgIpc) is 2.98. The van der Waals surface area contributed by atoms with Gasteiger partial charge < -0.3 is 10.6 Å². The fraction of sp³-hybridized carbons (Fsp3) is 0.474. The predicted octanol–water partition coefficient (Wildman–Crippen LogP) is 2.61. The summed E-state index contributed by atoms with van der Waals surface area (Å²) in [5.41, 5.74) is 2.32. The van der Waals surface area contributed by atoms with Crippen LogP contribution in [0.1, 0.15) is 33.6 Å². The number of nitrogens with one attached hydrogen (secondary N) is 2. The summed E-state index contributed by atoms with van der Waals surface area (Å²) in [6.45, 7) is 5.12. The molecule has 9 heteroatoms. The Balaban J connectivity index is 1.94. The predicted molar refractivity (Wildman–Crippen MR) is 113 cm³/mol. The van der Waals surface area contributed by atoms with Gasteiger partial charge in [0, 0.05) is 37.7 Å². The second-order valence-electron chi connectivity index (χ2n) is 6.55. The van der Waals surface area contributed by atoms with Crippen LogP contribution in [-0.2, 0) is 35.0 Å². The van der Waals surface area contributed by atoms with Crippen molar-refractivity contribution >= 4 is 27.1 Å². The van der Waals surface area contributed by atoms with Crippen molar-refractivity contribution in [2.75, 3.05) is 19.8 Å². The van der Waals surface area contributed by atoms with Crippen LogP contribution in [0.25, 0.3) is 0 Å². The summed E-state index contributed by atoms with van der Waals surface area (Å²) < 4.78 is 36.8. The molecule has 6 nitrogen and oxygen atoms in total. The molecule has 0 bridgehead atoms. The SMILES string of the molecule is CCc1nc(CCNC(=NC)NCc2cc(F)ccc2CS(C)(=O)=O)sc1C. The molecule has 0 aliphatic carbocycles. The molecular formula is C19H27FN4O2S2. The fourth-order valence-electron chi connectivity index (χ4n) is 2.79. The molecule has 0 saturated carbocycles. The minimum absolute atomic E-state index is 0.126. The second-order valence-corrected chi connectivity index (χ2v) is 9.98. The molecular weight excluding hydrogens is 399 g/mol. The highest BCUT2D eigenvalue weighted by atomic mass is 32.2. The molecule has 2 aromatic rings. The number of hydrogen-bond donors (Lipinski definition) is 2. The summed E-state index contributed by atoms with van der Waals surface area (Å²) in [6.07, 6.45) is 2.88. The summed E-state index contributed by atoms with van der Waals surface area (Å²) in [4.78, 5) is 10.0. The molecule has 154 valence electrons. The standard InChI is InChI=1S/C19H27FN4O2S2/c1-5-17-13(2)27-18(24-17)8-9-22-19(21-3)23-11-15-10-16(20)7-6-14(15)12-28(4,25)26/h6-7,10H,5,8-9,11-12H2,1-4H3,(H2,21,22,23). The lowest BCUT2D eigenvalue weighted by atomic mass is 10.1. The van der Waals surface area contributed by atoms with Gasteiger partial charge in [0.05, 0.1) is 16.5 Å². The highest BCUT2D eigenvalue weighted by molar-refractivity contribution is 7.89. The van der Waals surface area contributed by atoms with Gasteiger partial charge in [-0.3, -0.25) is 4.99 Å². The van der Waals surface area contributed by atoms with Crippen molar-refractivity contribution in [3.63, 3.8) is 0 Å². The third-order valence-electron chi connectivity index (χ3n) is 4.16. The van der Waals surface area contributed by atoms with Crippen LogP contribution in [0.2, 0.25) is 0 Å². The molecule has 2 N–H and O–H groups in total. The van der Waals surface area contributed by atoms with Gasteiger partial charge in [-0.15, -0.1) is 11.3 Å². The van der Waals surface area contributed by atoms with Crippen LogP contribution in [0.4, 0.5) is 4.39 Å². The maximum atomic E-state index is 13.6. The van der Waals surface area contributed by atoms with Gasteiger partial charge in [0.1, 0.15) is 5.82 Å². The number of guanidine groups is 1. The van der Waals surface area contributed by atoms with E-state index >= 15 is 0 Å². The summed E-state index contributed by atoms with van der Waals surface area (Å²) in [5.74, 6) is 0.0425. The van der Waals surface area contributed by atoms with Gasteiger partial charge >= 0.3 is 0 Å². The van der Waals surface area contributed by atoms with Crippen molar-refractivity contribution < 1.29 is 12.8 Å². The Kier molecular flexibility index (Phi) is 7.94. The van der Waals surface area contributed by atoms with Crippen LogP contribution in [0.5, 0.6) is 0 Å². The van der Waals surface area contributed by atoms with E-state index in [9.17, 15) is 12.8 Å². The van der Waals surface area contributed by atoms with Crippen LogP contribution in [0.3, 0.4) is 0 Å². The van der Waals surface area contributed by atoms with Gasteiger partial charge in [0.2, 0.25) is 0 Å². The third-order valence-corrected chi connectivity index (χ3v) is 6.07. The number of benzene rings is 1. The van der Waals surface area contributed by atoms with Crippen LogP contribution in [0.15, 0.2) is 23.2 Å². The molecule has 0 amide bonds. The molecule has 0 aliphatic rings. The Morgan fingerprint density at radius 1 is 1.29 bits per heavy atom. The first kappa shape index (κ1) is 22.3. The number of nitrogens with zero attached hydrogens (tertiary/aromatic N) is 2. The lowest BCUT2D eigenvalue weighted by molar-refractivity contribution is 0.599. The molecule has 0 unspecified atom stereocenters. The van der Waals surface area contributed by atoms with Gasteiger partial charge in [-0.2, -0.15) is 0 Å². The fourth-order valence-corrected chi connectivity index (χ4v) is 4.66. The van der Waals surface area contributed by atoms with E-state index in [1.807, 2.05) is 0 Å². The average molecular weight is 427 g/mol. The lowest BCUT2D eigenvalue weighted by Gasteiger charge is -2.14. The zero-order valence-corrected chi connectivity index (χ0v) is 18.3. The molecule has 1 aromatic carbocycles. The highest BCUT2D eigenvalue weighted by Crippen LogP contribution is 2.18. The van der Waals surface area contributed by atoms with Gasteiger partial charge in [0.15, 0.2) is 15.8 Å². The summed E-state index contributed by atoms with van der Waals surface area (Å²) in [6, 6.07) is 4.14. The number of halogens is 1. The van der Waals surface area contributed by atoms with E-state index < -0.39 is 15.7 Å². The van der Waals surface area contributed by atoms with E-state index in [2.05, 4.69) is 34.5 Å². The second kappa shape index (κ2) is 9.97. The number of aromatic nitrogens is 1. The van der Waals surface area contributed by atoms with Crippen molar-refractivity contribution in [2.45, 2.75) is 39.0 Å². The molecule has 0 atom stereocenters. The first-order valence-corrected chi connectivity index (χ1v) is 11.9. The molecule has 1 heterocycles. The quantitative estimate of drug-likeness (QED) is 0.501. The minimum atomic E-state index is -3.21. The number of hydrogen-bond acceptors (Lipinski definition) is 5. The number of thiazole rings is 1. The molecule has 0 aliphatic heterocycles. The Hall–Kier alpha value is -2.00. The van der Waals surface area contributed by atoms with Crippen molar-refractivity contribution in [3.8, 4) is 0 Å². The first-order chi connectivity index (χ1) is 13.2. The van der Waals surface area contributed by atoms with Gasteiger partial charge in [0.25, 0.3) is 0 Å². The van der Waals surface area contributed by atoms with Crippen molar-refractivity contribution in [1.82, 2.24) is 15.6 Å². The molecule has 0 fully saturated rings. The van der Waals surface area contributed by atoms with Crippen molar-refractivity contribution in [3.05, 3.63) is 50.7 Å². The van der Waals surface area contributed by atoms with E-state index in [1.165, 1.54) is 29.3 Å². The van der Waals surface area contributed by atoms with Gasteiger partial charge in [-0.05, 0) is 36.6 Å². The van der Waals surface area contributed by atoms with E-state index in [-0.39, 0.29) is 12.3 Å². The maximum absolute atomic E-state index is 13.6. The summed E-state index contributed by atoms with van der Waals surface area (Å²) >= 11 is 1.71. The van der Waals surface area contributed by atoms with Crippen LogP contribution in [0, 0.1) is 12.7 Å². The molecule has 0 saturated heterocycles. The van der Waals surface area contributed by atoms with E-state index in [1.54, 1.807) is 18.4 Å². The number of sulfone groups is 1. The molecule has 2 rings (SSSR count). The third kappa shape index (κ3) is 6.87. The smallest absolute Gasteiger partial charge is 0.191 e. The van der Waals surface area contributed by atoms with Crippen molar-refractivity contribution in [1.29, 1.82) is 0 Å². The zero-order valence-electron chi connectivity index (χ0n) is 16.7. The molecule has 0 spiro atoms. The normalized spacial score (nSPS) is 12.2. The Morgan fingerprint density at radius 2 is 2.04 bits per heavy atom. The van der Waals surface area contributed by atoms with E-state index in [4.69, 9.17) is 0 Å². The highest BCUT2D eigenvalue weighted by Gasteiger charge is 2.11. The van der Waals surface area contributed by atoms with Crippen LogP contribution in [-0.4, -0.2) is 39.2 Å². The lowest BCUT2D eigenvalue weighted by Crippen LogP contribution is -2.38. The van der Waals surface area contributed by atoms with E-state index in [0.29, 0.717) is 23.6 Å². The van der Waals surface area contributed by atoms with E-state index in [0.717, 1.165) is 23.5 Å². The molecule has 0 radical (unpaired) electrons. The maximum Gasteiger partial charge on any atom is 0.191 e. The van der Waals surface area contributed by atoms with Gasteiger partial charge in [-0.1, -0.05) is 13.0 Å². The summed E-state index contributed by atoms with van der Waals surface area (Å²) in [7, 11) is -1.55. The number of rotatable bonds is 8. The Morgan fingerprint density at radius 3 is 2.64 bits per heavy atom. The van der Waals surface area contributed by atoms with Crippen LogP contribution < -0.4 is 10.6 Å². The summed E-state index contributed by atoms with van der Waals surface area (Å²) in [5, 5.41) is 7.41. The number of aryl methyl sites for hydroxylation is 2. The van der Waals surface area contributed by atoms with Crippen molar-refractivity contribution in [2.24, 2.45) is 4.99 Å². The largest absolute Gasteiger partial charge is 0.356 e. The minimum Gasteiger partial charge on any atom is -0.356 e. The molecule has 1 aromatic heterocycles. The van der Waals surface area contributed by atoms with Crippen LogP contribution >= 0.6 is 11.3 Å².